The lowest BCUT2D eigenvalue weighted by atomic mass is 10.2. The number of rotatable bonds is 2. The molecule has 2 nitrogen and oxygen atoms in total. The Morgan fingerprint density at radius 2 is 1.64 bits per heavy atom. The molecule has 0 aliphatic carbocycles. The van der Waals surface area contributed by atoms with Crippen LogP contribution >= 0.6 is 11.6 Å². The molecule has 4 heteroatoms. The fraction of sp³-hybridized carbons (Fsp3) is 0.278. The van der Waals surface area contributed by atoms with Crippen molar-refractivity contribution in [1.29, 1.82) is 0 Å². The number of nitrogens with zero attached hydrogens (tertiary/aromatic N) is 1. The average molecular weight is 324 g/mol. The van der Waals surface area contributed by atoms with Gasteiger partial charge in [0.05, 0.1) is 5.02 Å². The predicted octanol–water partition coefficient (Wildman–Crippen LogP) is 5.13. The Balaban J connectivity index is 0.000000412. The Morgan fingerprint density at radius 1 is 1.09 bits per heavy atom. The molecule has 0 heterocycles. The van der Waals surface area contributed by atoms with E-state index in [0.717, 1.165) is 5.69 Å². The van der Waals surface area contributed by atoms with Crippen molar-refractivity contribution in [3.8, 4) is 0 Å². The predicted molar refractivity (Wildman–Crippen MR) is 93.2 cm³/mol. The summed E-state index contributed by atoms with van der Waals surface area (Å²) in [6.07, 6.45) is 0. The third-order valence-corrected chi connectivity index (χ3v) is 3.32. The number of anilines is 1. The normalized spacial score (nSPS) is 9.23. The van der Waals surface area contributed by atoms with Gasteiger partial charge in [-0.15, -0.1) is 0 Å². The summed E-state index contributed by atoms with van der Waals surface area (Å²) in [5, 5.41) is 0.171. The van der Waals surface area contributed by atoms with E-state index in [1.165, 1.54) is 11.6 Å². The summed E-state index contributed by atoms with van der Waals surface area (Å²) in [7, 11) is 1.95. The van der Waals surface area contributed by atoms with Crippen molar-refractivity contribution >= 4 is 24.1 Å². The SMILES string of the molecule is C=O.CC(C)N(C)c1ccc(F)c(Cl)c1.Cc1ccccc1. The largest absolute Gasteiger partial charge is 0.372 e. The van der Waals surface area contributed by atoms with E-state index >= 15 is 0 Å². The van der Waals surface area contributed by atoms with Crippen molar-refractivity contribution in [2.45, 2.75) is 26.8 Å². The first-order valence-electron chi connectivity index (χ1n) is 6.90. The number of hydrogen-bond acceptors (Lipinski definition) is 2. The van der Waals surface area contributed by atoms with Crippen molar-refractivity contribution < 1.29 is 9.18 Å². The highest BCUT2D eigenvalue weighted by atomic mass is 35.5. The number of halogens is 2. The lowest BCUT2D eigenvalue weighted by molar-refractivity contribution is -0.0979. The Hall–Kier alpha value is -1.87. The number of carbonyl (C=O) groups excluding carboxylic acids is 1. The molecule has 2 aromatic carbocycles. The number of aryl methyl sites for hydroxylation is 1. The number of hydrogen-bond donors (Lipinski definition) is 0. The summed E-state index contributed by atoms with van der Waals surface area (Å²) in [6.45, 7) is 8.22. The quantitative estimate of drug-likeness (QED) is 0.763. The fourth-order valence-corrected chi connectivity index (χ4v) is 1.71. The standard InChI is InChI=1S/C10H13ClFN.C7H8.CH2O/c1-7(2)13(3)8-4-5-10(12)9(11)6-8;1-7-5-3-2-4-6-7;1-2/h4-7H,1-3H3;2-6H,1H3;1H2. The molecule has 0 aliphatic heterocycles. The summed E-state index contributed by atoms with van der Waals surface area (Å²) in [4.78, 5) is 10.0. The van der Waals surface area contributed by atoms with Crippen molar-refractivity contribution in [3.05, 3.63) is 64.9 Å². The van der Waals surface area contributed by atoms with E-state index in [9.17, 15) is 4.39 Å². The zero-order valence-electron chi connectivity index (χ0n) is 13.5. The first-order chi connectivity index (χ1) is 10.4. The van der Waals surface area contributed by atoms with Gasteiger partial charge in [-0.1, -0.05) is 47.5 Å². The first kappa shape index (κ1) is 20.1. The van der Waals surface area contributed by atoms with Gasteiger partial charge in [-0.3, -0.25) is 0 Å². The molecule has 0 aliphatic rings. The molecule has 0 spiro atoms. The lowest BCUT2D eigenvalue weighted by Crippen LogP contribution is -2.25. The van der Waals surface area contributed by atoms with E-state index < -0.39 is 0 Å². The summed E-state index contributed by atoms with van der Waals surface area (Å²) in [6, 6.07) is 15.4. The number of benzene rings is 2. The van der Waals surface area contributed by atoms with Crippen molar-refractivity contribution in [3.63, 3.8) is 0 Å². The monoisotopic (exact) mass is 323 g/mol. The van der Waals surface area contributed by atoms with Gasteiger partial charge in [-0.2, -0.15) is 0 Å². The van der Waals surface area contributed by atoms with Crippen LogP contribution in [0.1, 0.15) is 19.4 Å². The molecule has 2 rings (SSSR count). The van der Waals surface area contributed by atoms with Crippen LogP contribution in [0.25, 0.3) is 0 Å². The minimum atomic E-state index is -0.373. The highest BCUT2D eigenvalue weighted by Crippen LogP contribution is 2.22. The number of carbonyl (C=O) groups is 1. The van der Waals surface area contributed by atoms with Gasteiger partial charge >= 0.3 is 0 Å². The summed E-state index contributed by atoms with van der Waals surface area (Å²) in [5.74, 6) is -0.373. The van der Waals surface area contributed by atoms with Gasteiger partial charge in [-0.05, 0) is 39.0 Å². The Bertz CT molecular complexity index is 546. The zero-order valence-corrected chi connectivity index (χ0v) is 14.3. The van der Waals surface area contributed by atoms with Gasteiger partial charge < -0.3 is 9.69 Å². The Morgan fingerprint density at radius 3 is 2.00 bits per heavy atom. The van der Waals surface area contributed by atoms with Gasteiger partial charge in [0.25, 0.3) is 0 Å². The molecule has 0 unspecified atom stereocenters. The summed E-state index contributed by atoms with van der Waals surface area (Å²) >= 11 is 5.66. The first-order valence-corrected chi connectivity index (χ1v) is 7.28. The van der Waals surface area contributed by atoms with Crippen LogP contribution < -0.4 is 4.90 Å². The maximum absolute atomic E-state index is 12.8. The van der Waals surface area contributed by atoms with Gasteiger partial charge in [0.2, 0.25) is 0 Å². The maximum atomic E-state index is 12.8. The molecule has 22 heavy (non-hydrogen) atoms. The van der Waals surface area contributed by atoms with E-state index in [2.05, 4.69) is 32.9 Å². The van der Waals surface area contributed by atoms with Crippen LogP contribution in [0.3, 0.4) is 0 Å². The van der Waals surface area contributed by atoms with Crippen LogP contribution in [0.4, 0.5) is 10.1 Å². The van der Waals surface area contributed by atoms with Crippen LogP contribution in [0.15, 0.2) is 48.5 Å². The van der Waals surface area contributed by atoms with E-state index in [1.54, 1.807) is 12.1 Å². The lowest BCUT2D eigenvalue weighted by Gasteiger charge is -2.23. The minimum absolute atomic E-state index is 0.171. The van der Waals surface area contributed by atoms with Crippen LogP contribution in [0, 0.1) is 12.7 Å². The van der Waals surface area contributed by atoms with E-state index in [1.807, 2.05) is 36.9 Å². The maximum Gasteiger partial charge on any atom is 0.141 e. The molecular formula is C18H23ClFNO. The van der Waals surface area contributed by atoms with Gasteiger partial charge in [0, 0.05) is 18.8 Å². The minimum Gasteiger partial charge on any atom is -0.372 e. The van der Waals surface area contributed by atoms with Crippen LogP contribution in [-0.2, 0) is 4.79 Å². The highest BCUT2D eigenvalue weighted by Gasteiger charge is 2.07. The molecule has 0 aromatic heterocycles. The zero-order chi connectivity index (χ0) is 17.1. The van der Waals surface area contributed by atoms with Gasteiger partial charge in [0.1, 0.15) is 12.6 Å². The molecule has 0 bridgehead atoms. The Kier molecular flexibility index (Phi) is 9.88. The van der Waals surface area contributed by atoms with E-state index in [0.29, 0.717) is 6.04 Å². The highest BCUT2D eigenvalue weighted by molar-refractivity contribution is 6.31. The molecule has 0 atom stereocenters. The van der Waals surface area contributed by atoms with Gasteiger partial charge in [-0.25, -0.2) is 4.39 Å². The van der Waals surface area contributed by atoms with Crippen LogP contribution in [-0.4, -0.2) is 19.9 Å². The third kappa shape index (κ3) is 7.23. The van der Waals surface area contributed by atoms with Crippen LogP contribution in [0.2, 0.25) is 5.02 Å². The molecule has 0 radical (unpaired) electrons. The molecule has 0 amide bonds. The van der Waals surface area contributed by atoms with Crippen molar-refractivity contribution in [2.75, 3.05) is 11.9 Å². The smallest absolute Gasteiger partial charge is 0.141 e. The summed E-state index contributed by atoms with van der Waals surface area (Å²) < 4.78 is 12.8. The fourth-order valence-electron chi connectivity index (χ4n) is 1.54. The second-order valence-corrected chi connectivity index (χ2v) is 5.36. The van der Waals surface area contributed by atoms with Crippen LogP contribution in [0.5, 0.6) is 0 Å². The molecule has 0 saturated carbocycles. The van der Waals surface area contributed by atoms with Crippen molar-refractivity contribution in [1.82, 2.24) is 0 Å². The van der Waals surface area contributed by atoms with E-state index in [4.69, 9.17) is 16.4 Å². The van der Waals surface area contributed by atoms with Crippen molar-refractivity contribution in [2.24, 2.45) is 0 Å². The molecule has 2 aromatic rings. The Labute approximate surface area is 137 Å². The third-order valence-electron chi connectivity index (χ3n) is 3.03. The summed E-state index contributed by atoms with van der Waals surface area (Å²) in [5.41, 5.74) is 2.25. The molecule has 0 N–H and O–H groups in total. The second kappa shape index (κ2) is 10.8. The second-order valence-electron chi connectivity index (χ2n) is 4.96. The molecule has 0 saturated heterocycles. The average Bonchev–Trinajstić information content (AvgIpc) is 2.52. The topological polar surface area (TPSA) is 20.3 Å². The van der Waals surface area contributed by atoms with Gasteiger partial charge in [0.15, 0.2) is 0 Å². The molecule has 0 fully saturated rings. The molecule has 120 valence electrons. The molecular weight excluding hydrogens is 301 g/mol. The van der Waals surface area contributed by atoms with E-state index in [-0.39, 0.29) is 10.8 Å².